The first-order valence-electron chi connectivity index (χ1n) is 10.0. The number of thioether (sulfide) groups is 1. The number of hydrogen-bond acceptors (Lipinski definition) is 5. The van der Waals surface area contributed by atoms with E-state index in [0.29, 0.717) is 12.1 Å². The van der Waals surface area contributed by atoms with Crippen molar-refractivity contribution in [2.75, 3.05) is 19.9 Å². The third-order valence-electron chi connectivity index (χ3n) is 5.45. The number of rotatable bonds is 6. The lowest BCUT2D eigenvalue weighted by molar-refractivity contribution is -0.133. The number of fused-ring (bicyclic) bond motifs is 2. The number of aryl methyl sites for hydroxylation is 1. The number of benzene rings is 2. The summed E-state index contributed by atoms with van der Waals surface area (Å²) in [5.74, 6) is -0.676. The molecule has 154 valence electrons. The van der Waals surface area contributed by atoms with Gasteiger partial charge in [-0.15, -0.1) is 11.8 Å². The minimum absolute atomic E-state index is 0.229. The lowest BCUT2D eigenvalue weighted by atomic mass is 10.0. The summed E-state index contributed by atoms with van der Waals surface area (Å²) in [6, 6.07) is 15.7. The van der Waals surface area contributed by atoms with E-state index in [-0.39, 0.29) is 12.5 Å². The molecule has 4 rings (SSSR count). The molecule has 1 aliphatic rings. The van der Waals surface area contributed by atoms with Crippen molar-refractivity contribution in [1.82, 2.24) is 9.88 Å². The molecule has 2 aromatic carbocycles. The van der Waals surface area contributed by atoms with Crippen molar-refractivity contribution in [3.63, 3.8) is 0 Å². The largest absolute Gasteiger partial charge is 0.452 e. The van der Waals surface area contributed by atoms with Crippen LogP contribution in [0.25, 0.3) is 10.9 Å². The van der Waals surface area contributed by atoms with Crippen molar-refractivity contribution in [3.8, 4) is 0 Å². The van der Waals surface area contributed by atoms with Crippen molar-refractivity contribution >= 4 is 34.5 Å². The molecular formula is C24H24N2O3S. The maximum Gasteiger partial charge on any atom is 0.339 e. The number of amides is 1. The quantitative estimate of drug-likeness (QED) is 0.440. The molecule has 0 fully saturated rings. The molecule has 30 heavy (non-hydrogen) atoms. The van der Waals surface area contributed by atoms with Crippen LogP contribution in [-0.4, -0.2) is 41.7 Å². The number of carbonyl (C=O) groups excluding carboxylic acids is 2. The molecule has 0 unspecified atom stereocenters. The molecule has 0 atom stereocenters. The summed E-state index contributed by atoms with van der Waals surface area (Å²) in [4.78, 5) is 32.9. The minimum atomic E-state index is -0.446. The van der Waals surface area contributed by atoms with Crippen molar-refractivity contribution in [1.29, 1.82) is 0 Å². The number of esters is 1. The lowest BCUT2D eigenvalue weighted by Gasteiger charge is -2.18. The van der Waals surface area contributed by atoms with Gasteiger partial charge in [-0.1, -0.05) is 30.3 Å². The Morgan fingerprint density at radius 1 is 1.10 bits per heavy atom. The zero-order valence-electron chi connectivity index (χ0n) is 17.2. The van der Waals surface area contributed by atoms with Crippen LogP contribution in [0.4, 0.5) is 0 Å². The number of para-hydroxylation sites is 1. The van der Waals surface area contributed by atoms with Crippen LogP contribution in [0.2, 0.25) is 0 Å². The number of likely N-dealkylation sites (N-methyl/N-ethyl adjacent to an activating group) is 1. The molecule has 5 nitrogen and oxygen atoms in total. The van der Waals surface area contributed by atoms with Gasteiger partial charge in [0.2, 0.25) is 0 Å². The highest BCUT2D eigenvalue weighted by Gasteiger charge is 2.25. The van der Waals surface area contributed by atoms with E-state index in [1.165, 1.54) is 4.90 Å². The Morgan fingerprint density at radius 3 is 2.63 bits per heavy atom. The average molecular weight is 421 g/mol. The average Bonchev–Trinajstić information content (AvgIpc) is 3.24. The molecule has 1 aliphatic carbocycles. The normalized spacial score (nSPS) is 12.6. The minimum Gasteiger partial charge on any atom is -0.452 e. The Morgan fingerprint density at radius 2 is 1.87 bits per heavy atom. The Labute approximate surface area is 180 Å². The highest BCUT2D eigenvalue weighted by molar-refractivity contribution is 7.98. The number of aromatic nitrogens is 1. The van der Waals surface area contributed by atoms with Gasteiger partial charge in [0.25, 0.3) is 5.91 Å². The maximum atomic E-state index is 13.0. The summed E-state index contributed by atoms with van der Waals surface area (Å²) < 4.78 is 5.46. The predicted molar refractivity (Wildman–Crippen MR) is 119 cm³/mol. The number of carbonyl (C=O) groups is 2. The first-order chi connectivity index (χ1) is 14.6. The number of pyridine rings is 1. The monoisotopic (exact) mass is 420 g/mol. The second-order valence-corrected chi connectivity index (χ2v) is 8.34. The van der Waals surface area contributed by atoms with Crippen LogP contribution in [0.5, 0.6) is 0 Å². The zero-order chi connectivity index (χ0) is 21.1. The summed E-state index contributed by atoms with van der Waals surface area (Å²) in [6.45, 7) is 0.197. The molecule has 1 heterocycles. The molecule has 0 saturated carbocycles. The van der Waals surface area contributed by atoms with E-state index in [1.807, 2.05) is 54.8 Å². The molecule has 6 heteroatoms. The van der Waals surface area contributed by atoms with Crippen LogP contribution in [0.15, 0.2) is 53.4 Å². The van der Waals surface area contributed by atoms with Crippen LogP contribution < -0.4 is 0 Å². The highest BCUT2D eigenvalue weighted by atomic mass is 32.2. The molecule has 0 aliphatic heterocycles. The Hall–Kier alpha value is -2.86. The predicted octanol–water partition coefficient (Wildman–Crippen LogP) is 4.26. The first-order valence-corrected chi connectivity index (χ1v) is 11.2. The summed E-state index contributed by atoms with van der Waals surface area (Å²) in [7, 11) is 1.72. The fourth-order valence-electron chi connectivity index (χ4n) is 3.85. The lowest BCUT2D eigenvalue weighted by Crippen LogP contribution is -2.31. The molecular weight excluding hydrogens is 396 g/mol. The fourth-order valence-corrected chi connectivity index (χ4v) is 4.25. The van der Waals surface area contributed by atoms with E-state index in [0.717, 1.165) is 47.0 Å². The van der Waals surface area contributed by atoms with Gasteiger partial charge in [0.05, 0.1) is 11.1 Å². The van der Waals surface area contributed by atoms with Gasteiger partial charge in [-0.05, 0) is 54.8 Å². The molecule has 0 radical (unpaired) electrons. The Balaban J connectivity index is 1.45. The molecule has 1 aromatic heterocycles. The summed E-state index contributed by atoms with van der Waals surface area (Å²) >= 11 is 1.68. The van der Waals surface area contributed by atoms with E-state index >= 15 is 0 Å². The van der Waals surface area contributed by atoms with Gasteiger partial charge in [0, 0.05) is 29.6 Å². The summed E-state index contributed by atoms with van der Waals surface area (Å²) in [5, 5.41) is 0.790. The molecule has 0 bridgehead atoms. The summed E-state index contributed by atoms with van der Waals surface area (Å²) in [6.07, 6.45) is 4.70. The van der Waals surface area contributed by atoms with Gasteiger partial charge >= 0.3 is 5.97 Å². The van der Waals surface area contributed by atoms with Crippen molar-refractivity contribution in [2.24, 2.45) is 0 Å². The van der Waals surface area contributed by atoms with E-state index < -0.39 is 5.97 Å². The van der Waals surface area contributed by atoms with Crippen LogP contribution in [-0.2, 0) is 28.9 Å². The second-order valence-electron chi connectivity index (χ2n) is 7.46. The standard InChI is InChI=1S/C24H24N2O3S/c1-26(14-16-10-12-17(30-2)13-11-16)22(27)15-29-24(28)23-18-6-3-4-8-20(18)25-21-9-5-7-19(21)23/h3-4,6,8,10-13H,5,7,9,14-15H2,1-2H3. The van der Waals surface area contributed by atoms with Crippen molar-refractivity contribution in [2.45, 2.75) is 30.7 Å². The van der Waals surface area contributed by atoms with Crippen LogP contribution in [0, 0.1) is 0 Å². The zero-order valence-corrected chi connectivity index (χ0v) is 18.0. The van der Waals surface area contributed by atoms with Gasteiger partial charge in [-0.25, -0.2) is 4.79 Å². The molecule has 0 spiro atoms. The van der Waals surface area contributed by atoms with E-state index in [2.05, 4.69) is 0 Å². The Bertz CT molecular complexity index is 1100. The van der Waals surface area contributed by atoms with Gasteiger partial charge in [0.15, 0.2) is 6.61 Å². The van der Waals surface area contributed by atoms with E-state index in [4.69, 9.17) is 9.72 Å². The van der Waals surface area contributed by atoms with Crippen molar-refractivity contribution in [3.05, 3.63) is 70.9 Å². The van der Waals surface area contributed by atoms with Gasteiger partial charge in [0.1, 0.15) is 0 Å². The van der Waals surface area contributed by atoms with Gasteiger partial charge in [-0.2, -0.15) is 0 Å². The Kier molecular flexibility index (Phi) is 6.04. The molecule has 0 N–H and O–H groups in total. The third kappa shape index (κ3) is 4.19. The van der Waals surface area contributed by atoms with Crippen LogP contribution in [0.1, 0.15) is 33.6 Å². The van der Waals surface area contributed by atoms with Gasteiger partial charge < -0.3 is 9.64 Å². The van der Waals surface area contributed by atoms with Crippen LogP contribution >= 0.6 is 11.8 Å². The summed E-state index contributed by atoms with van der Waals surface area (Å²) in [5.41, 5.74) is 4.33. The number of ether oxygens (including phenoxy) is 1. The SMILES string of the molecule is CSc1ccc(CN(C)C(=O)COC(=O)c2c3c(nc4ccccc24)CCC3)cc1. The molecule has 3 aromatic rings. The molecule has 0 saturated heterocycles. The van der Waals surface area contributed by atoms with E-state index in [9.17, 15) is 9.59 Å². The second kappa shape index (κ2) is 8.88. The maximum absolute atomic E-state index is 13.0. The number of hydrogen-bond donors (Lipinski definition) is 0. The van der Waals surface area contributed by atoms with E-state index in [1.54, 1.807) is 23.7 Å². The molecule has 1 amide bonds. The van der Waals surface area contributed by atoms with Crippen molar-refractivity contribution < 1.29 is 14.3 Å². The topological polar surface area (TPSA) is 59.5 Å². The van der Waals surface area contributed by atoms with Gasteiger partial charge in [-0.3, -0.25) is 9.78 Å². The highest BCUT2D eigenvalue weighted by Crippen LogP contribution is 2.30. The smallest absolute Gasteiger partial charge is 0.339 e. The third-order valence-corrected chi connectivity index (χ3v) is 6.20. The first kappa shape index (κ1) is 20.4. The number of nitrogens with zero attached hydrogens (tertiary/aromatic N) is 2. The fraction of sp³-hybridized carbons (Fsp3) is 0.292. The van der Waals surface area contributed by atoms with Crippen LogP contribution in [0.3, 0.4) is 0 Å².